The largest absolute Gasteiger partial charge is 0.396 e. The van der Waals surface area contributed by atoms with Gasteiger partial charge in [0, 0.05) is 76.4 Å². The summed E-state index contributed by atoms with van der Waals surface area (Å²) in [6.07, 6.45) is 17.0. The van der Waals surface area contributed by atoms with Crippen LogP contribution in [0.2, 0.25) is 5.28 Å². The summed E-state index contributed by atoms with van der Waals surface area (Å²) in [5.41, 5.74) is 1.94. The number of anilines is 1. The molecule has 0 spiro atoms. The molecule has 0 amide bonds. The summed E-state index contributed by atoms with van der Waals surface area (Å²) < 4.78 is 9.92. The zero-order valence-electron chi connectivity index (χ0n) is 25.9. The maximum absolute atomic E-state index is 9.01. The number of aliphatic hydroxyl groups is 2. The summed E-state index contributed by atoms with van der Waals surface area (Å²) in [5, 5.41) is 21.4. The van der Waals surface area contributed by atoms with Crippen LogP contribution < -0.4 is 10.2 Å². The second-order valence-electron chi connectivity index (χ2n) is 12.4. The molecule has 6 rings (SSSR count). The molecule has 4 atom stereocenters. The van der Waals surface area contributed by atoms with E-state index in [0.29, 0.717) is 26.4 Å². The molecule has 3 N–H and O–H groups in total. The first-order valence-electron chi connectivity index (χ1n) is 16.0. The maximum atomic E-state index is 9.01. The summed E-state index contributed by atoms with van der Waals surface area (Å²) in [5.74, 6) is 6.15. The Bertz CT molecular complexity index is 1040. The number of halogens is 1. The fourth-order valence-corrected chi connectivity index (χ4v) is 6.92. The number of methoxy groups -OCH3 is 2. The predicted molar refractivity (Wildman–Crippen MR) is 168 cm³/mol. The van der Waals surface area contributed by atoms with Crippen LogP contribution in [-0.4, -0.2) is 83.8 Å². The molecule has 11 heteroatoms. The van der Waals surface area contributed by atoms with E-state index in [0.717, 1.165) is 78.5 Å². The SMILES string of the molecule is COCc1cnc(Cl)nc1.COCc1cnc(N2CCC([C@H]3C[C@@H]3CCO)CC2)nc1.OCC[C@H]1C[C@@H]1C1CCNCC1. The quantitative estimate of drug-likeness (QED) is 0.316. The number of ether oxygens (including phenoxy) is 2. The Labute approximate surface area is 262 Å². The fourth-order valence-electron chi connectivity index (χ4n) is 6.82. The van der Waals surface area contributed by atoms with Crippen LogP contribution in [0.25, 0.3) is 0 Å². The molecular weight excluding hydrogens is 568 g/mol. The van der Waals surface area contributed by atoms with Crippen molar-refractivity contribution >= 4 is 17.5 Å². The molecule has 0 aromatic carbocycles. The van der Waals surface area contributed by atoms with Crippen LogP contribution in [0.4, 0.5) is 5.95 Å². The van der Waals surface area contributed by atoms with Gasteiger partial charge in [-0.05, 0) is 112 Å². The minimum atomic E-state index is 0.264. The number of hydrogen-bond donors (Lipinski definition) is 3. The van der Waals surface area contributed by atoms with Crippen molar-refractivity contribution in [3.63, 3.8) is 0 Å². The number of aliphatic hydroxyl groups excluding tert-OH is 2. The third kappa shape index (κ3) is 11.2. The molecule has 2 aliphatic carbocycles. The van der Waals surface area contributed by atoms with Crippen LogP contribution in [0.1, 0.15) is 62.5 Å². The van der Waals surface area contributed by atoms with E-state index in [9.17, 15) is 0 Å². The highest BCUT2D eigenvalue weighted by Crippen LogP contribution is 2.50. The van der Waals surface area contributed by atoms with E-state index in [1.54, 1.807) is 26.6 Å². The highest BCUT2D eigenvalue weighted by Gasteiger charge is 2.43. The lowest BCUT2D eigenvalue weighted by Crippen LogP contribution is -2.35. The van der Waals surface area contributed by atoms with E-state index in [1.807, 2.05) is 12.4 Å². The molecule has 240 valence electrons. The van der Waals surface area contributed by atoms with Gasteiger partial charge in [-0.1, -0.05) is 0 Å². The number of hydrogen-bond acceptors (Lipinski definition) is 10. The average molecular weight is 619 g/mol. The van der Waals surface area contributed by atoms with Gasteiger partial charge in [-0.2, -0.15) is 0 Å². The molecule has 2 saturated carbocycles. The van der Waals surface area contributed by atoms with Crippen molar-refractivity contribution in [3.05, 3.63) is 41.2 Å². The molecule has 4 heterocycles. The zero-order chi connectivity index (χ0) is 30.4. The number of piperidine rings is 2. The average Bonchev–Trinajstić information content (AvgIpc) is 3.98. The second-order valence-corrected chi connectivity index (χ2v) is 12.7. The summed E-state index contributed by atoms with van der Waals surface area (Å²) in [7, 11) is 3.30. The van der Waals surface area contributed by atoms with Crippen molar-refractivity contribution in [2.24, 2.45) is 35.5 Å². The van der Waals surface area contributed by atoms with Crippen LogP contribution in [-0.2, 0) is 22.7 Å². The molecule has 43 heavy (non-hydrogen) atoms. The minimum absolute atomic E-state index is 0.264. The van der Waals surface area contributed by atoms with Gasteiger partial charge >= 0.3 is 0 Å². The van der Waals surface area contributed by atoms with Gasteiger partial charge in [0.2, 0.25) is 11.2 Å². The first-order chi connectivity index (χ1) is 21.1. The van der Waals surface area contributed by atoms with Gasteiger partial charge < -0.3 is 29.9 Å². The minimum Gasteiger partial charge on any atom is -0.396 e. The van der Waals surface area contributed by atoms with Gasteiger partial charge in [-0.15, -0.1) is 0 Å². The van der Waals surface area contributed by atoms with E-state index < -0.39 is 0 Å². The third-order valence-electron chi connectivity index (χ3n) is 9.36. The van der Waals surface area contributed by atoms with Crippen molar-refractivity contribution < 1.29 is 19.7 Å². The number of aromatic nitrogens is 4. The molecule has 4 aliphatic rings. The normalized spacial score (nSPS) is 25.3. The smallest absolute Gasteiger partial charge is 0.225 e. The summed E-state index contributed by atoms with van der Waals surface area (Å²) in [4.78, 5) is 18.7. The molecule has 0 bridgehead atoms. The van der Waals surface area contributed by atoms with Crippen LogP contribution in [0.15, 0.2) is 24.8 Å². The summed E-state index contributed by atoms with van der Waals surface area (Å²) in [6.45, 7) is 6.37. The van der Waals surface area contributed by atoms with Gasteiger partial charge in [-0.25, -0.2) is 19.9 Å². The highest BCUT2D eigenvalue weighted by molar-refractivity contribution is 6.28. The van der Waals surface area contributed by atoms with Crippen molar-refractivity contribution in [1.29, 1.82) is 0 Å². The first kappa shape index (κ1) is 33.9. The molecule has 0 unspecified atom stereocenters. The molecule has 2 aliphatic heterocycles. The van der Waals surface area contributed by atoms with Crippen molar-refractivity contribution in [1.82, 2.24) is 25.3 Å². The van der Waals surface area contributed by atoms with Gasteiger partial charge in [0.1, 0.15) is 0 Å². The Hall–Kier alpha value is -1.95. The molecular formula is C32H51ClN6O4. The number of nitrogens with one attached hydrogen (secondary N) is 1. The molecule has 10 nitrogen and oxygen atoms in total. The Kier molecular flexibility index (Phi) is 14.3. The van der Waals surface area contributed by atoms with Gasteiger partial charge in [0.05, 0.1) is 13.2 Å². The number of nitrogens with zero attached hydrogens (tertiary/aromatic N) is 5. The second kappa shape index (κ2) is 18.1. The first-order valence-corrected chi connectivity index (χ1v) is 16.4. The summed E-state index contributed by atoms with van der Waals surface area (Å²) in [6, 6.07) is 0. The number of rotatable bonds is 11. The van der Waals surface area contributed by atoms with Crippen LogP contribution in [0.3, 0.4) is 0 Å². The Balaban J connectivity index is 0.000000163. The van der Waals surface area contributed by atoms with E-state index in [1.165, 1.54) is 51.6 Å². The molecule has 4 fully saturated rings. The fraction of sp³-hybridized carbons (Fsp3) is 0.750. The van der Waals surface area contributed by atoms with Crippen molar-refractivity contribution in [2.45, 2.75) is 64.6 Å². The third-order valence-corrected chi connectivity index (χ3v) is 9.55. The summed E-state index contributed by atoms with van der Waals surface area (Å²) >= 11 is 5.45. The molecule has 2 aromatic heterocycles. The lowest BCUT2D eigenvalue weighted by Gasteiger charge is -2.32. The van der Waals surface area contributed by atoms with E-state index in [-0.39, 0.29) is 5.28 Å². The van der Waals surface area contributed by atoms with Crippen molar-refractivity contribution in [3.8, 4) is 0 Å². The van der Waals surface area contributed by atoms with Gasteiger partial charge in [-0.3, -0.25) is 0 Å². The highest BCUT2D eigenvalue weighted by atomic mass is 35.5. The Morgan fingerprint density at radius 3 is 1.70 bits per heavy atom. The monoisotopic (exact) mass is 618 g/mol. The van der Waals surface area contributed by atoms with E-state index in [2.05, 4.69) is 30.2 Å². The molecule has 0 radical (unpaired) electrons. The Morgan fingerprint density at radius 1 is 0.767 bits per heavy atom. The zero-order valence-corrected chi connectivity index (χ0v) is 26.7. The van der Waals surface area contributed by atoms with Crippen LogP contribution in [0, 0.1) is 35.5 Å². The maximum Gasteiger partial charge on any atom is 0.225 e. The van der Waals surface area contributed by atoms with Gasteiger partial charge in [0.25, 0.3) is 0 Å². The topological polar surface area (TPSA) is 126 Å². The standard InChI is InChI=1S/C16H25N3O2.C10H19NO.C6H7ClN2O/c1-21-11-12-9-17-16(18-10-12)19-5-2-13(3-6-19)15-8-14(15)4-7-20;12-6-3-9-7-10(9)8-1-4-11-5-2-8;1-10-4-5-2-8-6(7)9-3-5/h9-10,13-15,20H,2-8,11H2,1H3;8-12H,1-7H2;2-3H,4H2,1H3/t14-,15+;9-,10+;/m00./s1. The lowest BCUT2D eigenvalue weighted by molar-refractivity contribution is 0.184. The lowest BCUT2D eigenvalue weighted by atomic mass is 9.90. The predicted octanol–water partition coefficient (Wildman–Crippen LogP) is 4.14. The molecule has 2 aromatic rings. The van der Waals surface area contributed by atoms with Crippen LogP contribution in [0.5, 0.6) is 0 Å². The van der Waals surface area contributed by atoms with Gasteiger partial charge in [0.15, 0.2) is 0 Å². The van der Waals surface area contributed by atoms with Crippen LogP contribution >= 0.6 is 11.6 Å². The Morgan fingerprint density at radius 2 is 1.23 bits per heavy atom. The van der Waals surface area contributed by atoms with E-state index >= 15 is 0 Å². The van der Waals surface area contributed by atoms with Crippen molar-refractivity contribution in [2.75, 3.05) is 58.5 Å². The molecule has 2 saturated heterocycles. The van der Waals surface area contributed by atoms with E-state index in [4.69, 9.17) is 31.3 Å².